The van der Waals surface area contributed by atoms with Gasteiger partial charge < -0.3 is 14.5 Å². The fourth-order valence-electron chi connectivity index (χ4n) is 3.89. The maximum absolute atomic E-state index is 12.7. The Balaban J connectivity index is 1.47. The second kappa shape index (κ2) is 8.17. The molecule has 130 valence electrons. The van der Waals surface area contributed by atoms with Crippen molar-refractivity contribution in [3.05, 3.63) is 0 Å². The quantitative estimate of drug-likeness (QED) is 0.711. The van der Waals surface area contributed by atoms with Gasteiger partial charge in [0, 0.05) is 19.6 Å². The van der Waals surface area contributed by atoms with Gasteiger partial charge in [0.15, 0.2) is 0 Å². The van der Waals surface area contributed by atoms with Gasteiger partial charge in [0.05, 0.1) is 24.5 Å². The standard InChI is InChI=1S/C17H28N2O2S2/c1-13-6-8-18(9-7-13)17(22)23-12-16(20)19-10-11-21-15-5-3-2-4-14(15)19/h13-15H,2-12H2,1H3. The van der Waals surface area contributed by atoms with E-state index >= 15 is 0 Å². The minimum absolute atomic E-state index is 0.239. The summed E-state index contributed by atoms with van der Waals surface area (Å²) in [6.07, 6.45) is 7.33. The second-order valence-electron chi connectivity index (χ2n) is 7.07. The summed E-state index contributed by atoms with van der Waals surface area (Å²) in [6.45, 7) is 5.82. The van der Waals surface area contributed by atoms with E-state index in [4.69, 9.17) is 17.0 Å². The van der Waals surface area contributed by atoms with Crippen LogP contribution in [0.4, 0.5) is 0 Å². The average molecular weight is 357 g/mol. The van der Waals surface area contributed by atoms with Gasteiger partial charge in [-0.3, -0.25) is 4.79 Å². The van der Waals surface area contributed by atoms with Crippen LogP contribution in [0.5, 0.6) is 0 Å². The first kappa shape index (κ1) is 17.5. The van der Waals surface area contributed by atoms with E-state index in [9.17, 15) is 4.79 Å². The minimum Gasteiger partial charge on any atom is -0.374 e. The summed E-state index contributed by atoms with van der Waals surface area (Å²) in [4.78, 5) is 17.0. The molecule has 2 aliphatic heterocycles. The molecule has 2 atom stereocenters. The van der Waals surface area contributed by atoms with Crippen molar-refractivity contribution in [3.8, 4) is 0 Å². The van der Waals surface area contributed by atoms with E-state index in [0.717, 1.165) is 42.7 Å². The van der Waals surface area contributed by atoms with Crippen molar-refractivity contribution in [1.29, 1.82) is 0 Å². The monoisotopic (exact) mass is 356 g/mol. The van der Waals surface area contributed by atoms with Crippen LogP contribution < -0.4 is 0 Å². The molecule has 0 radical (unpaired) electrons. The van der Waals surface area contributed by atoms with Crippen LogP contribution in [0.3, 0.4) is 0 Å². The number of carbonyl (C=O) groups excluding carboxylic acids is 1. The lowest BCUT2D eigenvalue weighted by molar-refractivity contribution is -0.146. The summed E-state index contributed by atoms with van der Waals surface area (Å²) in [5.74, 6) is 1.52. The molecule has 0 aromatic rings. The number of thiocarbonyl (C=S) groups is 1. The van der Waals surface area contributed by atoms with Gasteiger partial charge in [-0.25, -0.2) is 0 Å². The zero-order valence-corrected chi connectivity index (χ0v) is 15.7. The summed E-state index contributed by atoms with van der Waals surface area (Å²) in [6, 6.07) is 0.301. The van der Waals surface area contributed by atoms with Gasteiger partial charge >= 0.3 is 0 Å². The van der Waals surface area contributed by atoms with Gasteiger partial charge in [0.25, 0.3) is 0 Å². The molecule has 2 unspecified atom stereocenters. The highest BCUT2D eigenvalue weighted by Crippen LogP contribution is 2.29. The van der Waals surface area contributed by atoms with E-state index in [1.807, 2.05) is 0 Å². The summed E-state index contributed by atoms with van der Waals surface area (Å²) in [5, 5.41) is 0. The number of carbonyl (C=O) groups is 1. The number of rotatable bonds is 2. The maximum atomic E-state index is 12.7. The van der Waals surface area contributed by atoms with Crippen LogP contribution in [0.25, 0.3) is 0 Å². The number of hydrogen-bond acceptors (Lipinski definition) is 4. The van der Waals surface area contributed by atoms with Crippen LogP contribution >= 0.6 is 24.0 Å². The number of thioether (sulfide) groups is 1. The summed E-state index contributed by atoms with van der Waals surface area (Å²) >= 11 is 7.09. The SMILES string of the molecule is CC1CCN(C(=S)SCC(=O)N2CCOC3CCCCC32)CC1. The Morgan fingerprint density at radius 3 is 2.70 bits per heavy atom. The van der Waals surface area contributed by atoms with E-state index < -0.39 is 0 Å². The van der Waals surface area contributed by atoms with Crippen molar-refractivity contribution in [2.75, 3.05) is 32.0 Å². The average Bonchev–Trinajstić information content (AvgIpc) is 2.59. The zero-order chi connectivity index (χ0) is 16.2. The number of piperidine rings is 1. The Morgan fingerprint density at radius 2 is 1.91 bits per heavy atom. The molecule has 0 aromatic carbocycles. The van der Waals surface area contributed by atoms with Gasteiger partial charge in [0.2, 0.25) is 5.91 Å². The molecule has 3 rings (SSSR count). The molecule has 0 N–H and O–H groups in total. The molecule has 2 heterocycles. The molecule has 0 bridgehead atoms. The molecule has 23 heavy (non-hydrogen) atoms. The first-order chi connectivity index (χ1) is 11.1. The lowest BCUT2D eigenvalue weighted by atomic mass is 9.90. The molecule has 3 aliphatic rings. The lowest BCUT2D eigenvalue weighted by Crippen LogP contribution is -2.55. The highest BCUT2D eigenvalue weighted by atomic mass is 32.2. The Morgan fingerprint density at radius 1 is 1.17 bits per heavy atom. The van der Waals surface area contributed by atoms with Crippen molar-refractivity contribution < 1.29 is 9.53 Å². The molecular weight excluding hydrogens is 328 g/mol. The fourth-order valence-corrected chi connectivity index (χ4v) is 5.03. The van der Waals surface area contributed by atoms with Crippen LogP contribution in [0, 0.1) is 5.92 Å². The Labute approximate surface area is 149 Å². The van der Waals surface area contributed by atoms with Crippen LogP contribution in [0.2, 0.25) is 0 Å². The van der Waals surface area contributed by atoms with E-state index in [2.05, 4.69) is 16.7 Å². The number of nitrogens with zero attached hydrogens (tertiary/aromatic N) is 2. The molecule has 1 aliphatic carbocycles. The Hall–Kier alpha value is -0.330. The third-order valence-corrected chi connectivity index (χ3v) is 6.92. The van der Waals surface area contributed by atoms with Crippen LogP contribution in [-0.2, 0) is 9.53 Å². The zero-order valence-electron chi connectivity index (χ0n) is 14.0. The molecule has 1 amide bonds. The van der Waals surface area contributed by atoms with Crippen molar-refractivity contribution in [2.24, 2.45) is 5.92 Å². The summed E-state index contributed by atoms with van der Waals surface area (Å²) < 4.78 is 6.76. The number of fused-ring (bicyclic) bond motifs is 1. The molecule has 0 aromatic heterocycles. The number of hydrogen-bond donors (Lipinski definition) is 0. The third kappa shape index (κ3) is 4.40. The van der Waals surface area contributed by atoms with Gasteiger partial charge in [-0.1, -0.05) is 43.7 Å². The number of ether oxygens (including phenoxy) is 1. The molecule has 0 spiro atoms. The normalized spacial score (nSPS) is 29.3. The molecule has 1 saturated carbocycles. The van der Waals surface area contributed by atoms with Gasteiger partial charge in [-0.15, -0.1) is 0 Å². The molecular formula is C17H28N2O2S2. The van der Waals surface area contributed by atoms with Gasteiger partial charge in [-0.05, 0) is 31.6 Å². The Kier molecular flexibility index (Phi) is 6.21. The molecule has 2 saturated heterocycles. The largest absolute Gasteiger partial charge is 0.374 e. The van der Waals surface area contributed by atoms with Gasteiger partial charge in [-0.2, -0.15) is 0 Å². The Bertz CT molecular complexity index is 436. The predicted octanol–water partition coefficient (Wildman–Crippen LogP) is 2.91. The van der Waals surface area contributed by atoms with Crippen LogP contribution in [0.1, 0.15) is 45.4 Å². The highest BCUT2D eigenvalue weighted by molar-refractivity contribution is 8.23. The summed E-state index contributed by atoms with van der Waals surface area (Å²) in [7, 11) is 0. The first-order valence-electron chi connectivity index (χ1n) is 8.98. The van der Waals surface area contributed by atoms with Crippen molar-refractivity contribution in [2.45, 2.75) is 57.6 Å². The van der Waals surface area contributed by atoms with E-state index in [1.165, 1.54) is 25.7 Å². The fraction of sp³-hybridized carbons (Fsp3) is 0.882. The maximum Gasteiger partial charge on any atom is 0.233 e. The predicted molar refractivity (Wildman–Crippen MR) is 98.7 cm³/mol. The van der Waals surface area contributed by atoms with Gasteiger partial charge in [0.1, 0.15) is 4.32 Å². The molecule has 4 nitrogen and oxygen atoms in total. The smallest absolute Gasteiger partial charge is 0.233 e. The van der Waals surface area contributed by atoms with Crippen molar-refractivity contribution in [1.82, 2.24) is 9.80 Å². The topological polar surface area (TPSA) is 32.8 Å². The number of morpholine rings is 1. The van der Waals surface area contributed by atoms with Crippen molar-refractivity contribution in [3.63, 3.8) is 0 Å². The highest BCUT2D eigenvalue weighted by Gasteiger charge is 2.36. The molecule has 6 heteroatoms. The van der Waals surface area contributed by atoms with E-state index in [-0.39, 0.29) is 12.0 Å². The van der Waals surface area contributed by atoms with Crippen molar-refractivity contribution >= 4 is 34.2 Å². The van der Waals surface area contributed by atoms with Crippen LogP contribution in [0.15, 0.2) is 0 Å². The third-order valence-electron chi connectivity index (χ3n) is 5.41. The van der Waals surface area contributed by atoms with E-state index in [1.54, 1.807) is 11.8 Å². The summed E-state index contributed by atoms with van der Waals surface area (Å²) in [5.41, 5.74) is 0. The van der Waals surface area contributed by atoms with Crippen LogP contribution in [-0.4, -0.2) is 64.2 Å². The number of likely N-dealkylation sites (tertiary alicyclic amines) is 1. The second-order valence-corrected chi connectivity index (χ2v) is 8.68. The van der Waals surface area contributed by atoms with E-state index in [0.29, 0.717) is 18.4 Å². The number of amides is 1. The lowest BCUT2D eigenvalue weighted by Gasteiger charge is -2.43. The minimum atomic E-state index is 0.239. The molecule has 3 fully saturated rings. The first-order valence-corrected chi connectivity index (χ1v) is 10.4.